The number of benzene rings is 2. The summed E-state index contributed by atoms with van der Waals surface area (Å²) in [6, 6.07) is 18.9. The Bertz CT molecular complexity index is 1040. The summed E-state index contributed by atoms with van der Waals surface area (Å²) in [5.41, 5.74) is 1.34. The molecule has 1 aromatic heterocycles. The van der Waals surface area contributed by atoms with Gasteiger partial charge in [0.1, 0.15) is 10.6 Å². The number of thiazole rings is 1. The van der Waals surface area contributed by atoms with Gasteiger partial charge in [-0.05, 0) is 44.4 Å². The topological polar surface area (TPSA) is 59.5 Å². The molecule has 0 saturated carbocycles. The van der Waals surface area contributed by atoms with Crippen LogP contribution in [0.2, 0.25) is 0 Å². The molecule has 0 aliphatic heterocycles. The minimum Gasteiger partial charge on any atom is -0.455 e. The Morgan fingerprint density at radius 1 is 1.00 bits per heavy atom. The molecular weight excluding hydrogens is 420 g/mol. The second-order valence-corrected chi connectivity index (χ2v) is 9.94. The third-order valence-electron chi connectivity index (χ3n) is 4.83. The van der Waals surface area contributed by atoms with Gasteiger partial charge in [0.05, 0.1) is 6.04 Å². The minimum absolute atomic E-state index is 0.0674. The molecule has 5 nitrogen and oxygen atoms in total. The van der Waals surface area contributed by atoms with E-state index in [1.165, 1.54) is 11.3 Å². The molecule has 32 heavy (non-hydrogen) atoms. The minimum atomic E-state index is -0.596. The van der Waals surface area contributed by atoms with Crippen LogP contribution < -0.4 is 0 Å². The molecule has 1 atom stereocenters. The van der Waals surface area contributed by atoms with E-state index < -0.39 is 11.6 Å². The van der Waals surface area contributed by atoms with Gasteiger partial charge in [0.25, 0.3) is 5.91 Å². The first-order chi connectivity index (χ1) is 15.2. The first kappa shape index (κ1) is 23.7. The number of carbonyl (C=O) groups excluding carboxylic acids is 2. The van der Waals surface area contributed by atoms with Crippen LogP contribution in [0.15, 0.2) is 66.0 Å². The van der Waals surface area contributed by atoms with E-state index in [1.807, 2.05) is 86.3 Å². The van der Waals surface area contributed by atoms with Gasteiger partial charge in [-0.25, -0.2) is 9.78 Å². The molecule has 3 aromatic rings. The Labute approximate surface area is 194 Å². The van der Waals surface area contributed by atoms with Crippen molar-refractivity contribution in [3.63, 3.8) is 0 Å². The summed E-state index contributed by atoms with van der Waals surface area (Å²) in [5, 5.41) is 2.44. The molecular formula is C26H30N2O3S. The Hall–Kier alpha value is -2.99. The quantitative estimate of drug-likeness (QED) is 0.406. The van der Waals surface area contributed by atoms with Crippen molar-refractivity contribution >= 4 is 23.2 Å². The van der Waals surface area contributed by atoms with Crippen LogP contribution in [0.4, 0.5) is 0 Å². The molecule has 1 amide bonds. The van der Waals surface area contributed by atoms with Crippen molar-refractivity contribution in [1.29, 1.82) is 0 Å². The Morgan fingerprint density at radius 2 is 1.59 bits per heavy atom. The number of rotatable bonds is 7. The number of nitrogens with zero attached hydrogens (tertiary/aromatic N) is 2. The van der Waals surface area contributed by atoms with Crippen molar-refractivity contribution in [2.24, 2.45) is 5.92 Å². The molecule has 0 spiro atoms. The predicted molar refractivity (Wildman–Crippen MR) is 128 cm³/mol. The lowest BCUT2D eigenvalue weighted by molar-refractivity contribution is 0.00631. The van der Waals surface area contributed by atoms with Gasteiger partial charge < -0.3 is 9.64 Å². The Morgan fingerprint density at radius 3 is 2.16 bits per heavy atom. The zero-order chi connectivity index (χ0) is 23.3. The fourth-order valence-electron chi connectivity index (χ4n) is 3.45. The SMILES string of the molecule is CC(C)C(c1nc(C(=O)OC(C)(C)C)cs1)N(Cc1ccccc1)C(=O)c1ccccc1. The number of esters is 1. The molecule has 0 saturated heterocycles. The van der Waals surface area contributed by atoms with Gasteiger partial charge in [-0.15, -0.1) is 11.3 Å². The number of carbonyl (C=O) groups is 2. The summed E-state index contributed by atoms with van der Waals surface area (Å²) >= 11 is 1.39. The van der Waals surface area contributed by atoms with Crippen LogP contribution in [-0.2, 0) is 11.3 Å². The van der Waals surface area contributed by atoms with Crippen LogP contribution in [0.25, 0.3) is 0 Å². The van der Waals surface area contributed by atoms with E-state index in [0.717, 1.165) is 10.6 Å². The summed E-state index contributed by atoms with van der Waals surface area (Å²) in [7, 11) is 0. The van der Waals surface area contributed by atoms with Gasteiger partial charge in [0, 0.05) is 17.5 Å². The van der Waals surface area contributed by atoms with Gasteiger partial charge in [-0.1, -0.05) is 62.4 Å². The molecule has 6 heteroatoms. The average molecular weight is 451 g/mol. The second-order valence-electron chi connectivity index (χ2n) is 9.05. The van der Waals surface area contributed by atoms with E-state index in [-0.39, 0.29) is 23.6 Å². The van der Waals surface area contributed by atoms with Crippen LogP contribution >= 0.6 is 11.3 Å². The van der Waals surface area contributed by atoms with Gasteiger partial charge in [-0.2, -0.15) is 0 Å². The van der Waals surface area contributed by atoms with E-state index in [0.29, 0.717) is 12.1 Å². The number of amides is 1. The monoisotopic (exact) mass is 450 g/mol. The Balaban J connectivity index is 1.98. The first-order valence-corrected chi connectivity index (χ1v) is 11.6. The second kappa shape index (κ2) is 10.1. The third kappa shape index (κ3) is 6.04. The maximum absolute atomic E-state index is 13.6. The molecule has 0 N–H and O–H groups in total. The summed E-state index contributed by atoms with van der Waals surface area (Å²) in [6.07, 6.45) is 0. The lowest BCUT2D eigenvalue weighted by atomic mass is 10.0. The van der Waals surface area contributed by atoms with E-state index in [4.69, 9.17) is 4.74 Å². The van der Waals surface area contributed by atoms with Crippen molar-refractivity contribution in [3.8, 4) is 0 Å². The average Bonchev–Trinajstić information content (AvgIpc) is 3.22. The van der Waals surface area contributed by atoms with Crippen LogP contribution in [0.3, 0.4) is 0 Å². The standard InChI is InChI=1S/C26H30N2O3S/c1-18(2)22(23-27-21(17-32-23)25(30)31-26(3,4)5)28(16-19-12-8-6-9-13-19)24(29)20-14-10-7-11-15-20/h6-15,17-18,22H,16H2,1-5H3. The Kier molecular flexibility index (Phi) is 7.46. The summed E-state index contributed by atoms with van der Waals surface area (Å²) in [6.45, 7) is 10.1. The van der Waals surface area contributed by atoms with E-state index in [9.17, 15) is 9.59 Å². The van der Waals surface area contributed by atoms with Crippen LogP contribution in [0.5, 0.6) is 0 Å². The lowest BCUT2D eigenvalue weighted by Crippen LogP contribution is -2.37. The summed E-state index contributed by atoms with van der Waals surface area (Å²) < 4.78 is 5.47. The molecule has 0 aliphatic rings. The number of ether oxygens (including phenoxy) is 1. The molecule has 168 valence electrons. The van der Waals surface area contributed by atoms with Crippen molar-refractivity contribution in [3.05, 3.63) is 87.9 Å². The van der Waals surface area contributed by atoms with Crippen molar-refractivity contribution in [1.82, 2.24) is 9.88 Å². The normalized spacial score (nSPS) is 12.4. The zero-order valence-corrected chi connectivity index (χ0v) is 20.1. The highest BCUT2D eigenvalue weighted by Gasteiger charge is 2.32. The van der Waals surface area contributed by atoms with Crippen LogP contribution in [-0.4, -0.2) is 27.4 Å². The number of hydrogen-bond donors (Lipinski definition) is 0. The highest BCUT2D eigenvalue weighted by atomic mass is 32.1. The maximum atomic E-state index is 13.6. The van der Waals surface area contributed by atoms with Gasteiger partial charge >= 0.3 is 5.97 Å². The lowest BCUT2D eigenvalue weighted by Gasteiger charge is -2.33. The third-order valence-corrected chi connectivity index (χ3v) is 5.74. The van der Waals surface area contributed by atoms with Crippen molar-refractivity contribution < 1.29 is 14.3 Å². The van der Waals surface area contributed by atoms with Crippen LogP contribution in [0.1, 0.15) is 72.1 Å². The van der Waals surface area contributed by atoms with Crippen molar-refractivity contribution in [2.45, 2.75) is 52.8 Å². The first-order valence-electron chi connectivity index (χ1n) is 10.7. The molecule has 0 aliphatic carbocycles. The smallest absolute Gasteiger partial charge is 0.358 e. The van der Waals surface area contributed by atoms with Crippen LogP contribution in [0, 0.1) is 5.92 Å². The fraction of sp³-hybridized carbons (Fsp3) is 0.346. The summed E-state index contributed by atoms with van der Waals surface area (Å²) in [5.74, 6) is -0.433. The fourth-order valence-corrected chi connectivity index (χ4v) is 4.52. The van der Waals surface area contributed by atoms with E-state index >= 15 is 0 Å². The zero-order valence-electron chi connectivity index (χ0n) is 19.2. The predicted octanol–water partition coefficient (Wildman–Crippen LogP) is 6.14. The number of hydrogen-bond acceptors (Lipinski definition) is 5. The van der Waals surface area contributed by atoms with Crippen molar-refractivity contribution in [2.75, 3.05) is 0 Å². The summed E-state index contributed by atoms with van der Waals surface area (Å²) in [4.78, 5) is 32.6. The van der Waals surface area contributed by atoms with Gasteiger partial charge in [0.15, 0.2) is 5.69 Å². The highest BCUT2D eigenvalue weighted by molar-refractivity contribution is 7.09. The molecule has 0 radical (unpaired) electrons. The molecule has 3 rings (SSSR count). The number of aromatic nitrogens is 1. The maximum Gasteiger partial charge on any atom is 0.358 e. The molecule has 1 unspecified atom stereocenters. The highest BCUT2D eigenvalue weighted by Crippen LogP contribution is 2.34. The van der Waals surface area contributed by atoms with Gasteiger partial charge in [0.2, 0.25) is 0 Å². The van der Waals surface area contributed by atoms with E-state index in [2.05, 4.69) is 18.8 Å². The largest absolute Gasteiger partial charge is 0.455 e. The van der Waals surface area contributed by atoms with Gasteiger partial charge in [-0.3, -0.25) is 4.79 Å². The van der Waals surface area contributed by atoms with E-state index in [1.54, 1.807) is 5.38 Å². The molecule has 0 fully saturated rings. The molecule has 2 aromatic carbocycles. The molecule has 0 bridgehead atoms. The molecule has 1 heterocycles.